The smallest absolute Gasteiger partial charge is 0.0663 e. The first-order valence-electron chi connectivity index (χ1n) is 5.37. The van der Waals surface area contributed by atoms with Crippen LogP contribution in [0.2, 0.25) is 5.02 Å². The maximum absolute atomic E-state index is 5.99. The maximum atomic E-state index is 5.99. The van der Waals surface area contributed by atoms with Crippen LogP contribution in [0.15, 0.2) is 30.5 Å². The minimum absolute atomic E-state index is 0.746. The lowest BCUT2D eigenvalue weighted by Crippen LogP contribution is -2.24. The molecular formula is C12H12ClN3. The third-order valence-corrected chi connectivity index (χ3v) is 3.10. The van der Waals surface area contributed by atoms with E-state index in [1.165, 1.54) is 11.3 Å². The molecule has 2 heterocycles. The fourth-order valence-corrected chi connectivity index (χ4v) is 2.27. The summed E-state index contributed by atoms with van der Waals surface area (Å²) in [5.41, 5.74) is 3.61. The van der Waals surface area contributed by atoms with Gasteiger partial charge >= 0.3 is 0 Å². The van der Waals surface area contributed by atoms with Gasteiger partial charge in [0.25, 0.3) is 0 Å². The summed E-state index contributed by atoms with van der Waals surface area (Å²) in [6.07, 6.45) is 2.95. The monoisotopic (exact) mass is 233 g/mol. The van der Waals surface area contributed by atoms with Gasteiger partial charge in [-0.25, -0.2) is 4.68 Å². The van der Waals surface area contributed by atoms with Crippen LogP contribution in [0, 0.1) is 0 Å². The zero-order valence-electron chi connectivity index (χ0n) is 8.78. The van der Waals surface area contributed by atoms with E-state index in [1.54, 1.807) is 0 Å². The second-order valence-corrected chi connectivity index (χ2v) is 4.37. The van der Waals surface area contributed by atoms with Gasteiger partial charge in [0.15, 0.2) is 0 Å². The van der Waals surface area contributed by atoms with E-state index in [0.717, 1.165) is 30.2 Å². The molecular weight excluding hydrogens is 222 g/mol. The maximum Gasteiger partial charge on any atom is 0.0663 e. The van der Waals surface area contributed by atoms with Gasteiger partial charge < -0.3 is 5.32 Å². The van der Waals surface area contributed by atoms with Gasteiger partial charge in [0.05, 0.1) is 11.9 Å². The lowest BCUT2D eigenvalue weighted by atomic mass is 10.1. The van der Waals surface area contributed by atoms with Gasteiger partial charge in [-0.3, -0.25) is 0 Å². The number of nitrogens with zero attached hydrogens (tertiary/aromatic N) is 2. The molecule has 1 aliphatic heterocycles. The van der Waals surface area contributed by atoms with E-state index in [1.807, 2.05) is 35.1 Å². The van der Waals surface area contributed by atoms with Crippen molar-refractivity contribution < 1.29 is 0 Å². The molecule has 3 rings (SSSR count). The number of halogens is 1. The fourth-order valence-electron chi connectivity index (χ4n) is 2.08. The summed E-state index contributed by atoms with van der Waals surface area (Å²) in [5.74, 6) is 0. The average molecular weight is 234 g/mol. The van der Waals surface area contributed by atoms with Crippen molar-refractivity contribution in [2.75, 3.05) is 6.54 Å². The van der Waals surface area contributed by atoms with Crippen LogP contribution in [0.5, 0.6) is 0 Å². The van der Waals surface area contributed by atoms with Crippen molar-refractivity contribution in [3.8, 4) is 5.69 Å². The van der Waals surface area contributed by atoms with E-state index in [4.69, 9.17) is 11.6 Å². The third kappa shape index (κ3) is 1.62. The lowest BCUT2D eigenvalue weighted by molar-refractivity contribution is 0.623. The summed E-state index contributed by atoms with van der Waals surface area (Å²) in [7, 11) is 0. The van der Waals surface area contributed by atoms with Crippen LogP contribution in [-0.2, 0) is 13.0 Å². The van der Waals surface area contributed by atoms with Gasteiger partial charge in [0.1, 0.15) is 0 Å². The number of nitrogens with one attached hydrogen (secondary N) is 1. The van der Waals surface area contributed by atoms with E-state index in [0.29, 0.717) is 0 Å². The van der Waals surface area contributed by atoms with Crippen molar-refractivity contribution in [3.63, 3.8) is 0 Å². The van der Waals surface area contributed by atoms with Crippen molar-refractivity contribution >= 4 is 11.6 Å². The first-order valence-corrected chi connectivity index (χ1v) is 5.75. The first-order chi connectivity index (χ1) is 7.84. The molecule has 0 radical (unpaired) electrons. The van der Waals surface area contributed by atoms with Crippen molar-refractivity contribution in [2.45, 2.75) is 13.0 Å². The molecule has 1 aromatic carbocycles. The Morgan fingerprint density at radius 2 is 2.31 bits per heavy atom. The first kappa shape index (κ1) is 9.87. The molecule has 1 N–H and O–H groups in total. The van der Waals surface area contributed by atoms with Gasteiger partial charge in [0.2, 0.25) is 0 Å². The van der Waals surface area contributed by atoms with Crippen LogP contribution >= 0.6 is 11.6 Å². The molecule has 0 unspecified atom stereocenters. The molecule has 82 valence electrons. The van der Waals surface area contributed by atoms with Gasteiger partial charge in [-0.2, -0.15) is 5.10 Å². The Kier molecular flexibility index (Phi) is 2.42. The molecule has 0 atom stereocenters. The Labute approximate surface area is 99.0 Å². The largest absolute Gasteiger partial charge is 0.312 e. The molecule has 0 saturated heterocycles. The minimum Gasteiger partial charge on any atom is -0.312 e. The summed E-state index contributed by atoms with van der Waals surface area (Å²) < 4.78 is 1.99. The van der Waals surface area contributed by atoms with Crippen LogP contribution in [0.3, 0.4) is 0 Å². The highest BCUT2D eigenvalue weighted by molar-refractivity contribution is 6.30. The van der Waals surface area contributed by atoms with E-state index in [9.17, 15) is 0 Å². The fraction of sp³-hybridized carbons (Fsp3) is 0.250. The average Bonchev–Trinajstić information content (AvgIpc) is 2.72. The Bertz CT molecular complexity index is 519. The van der Waals surface area contributed by atoms with E-state index >= 15 is 0 Å². The highest BCUT2D eigenvalue weighted by Crippen LogP contribution is 2.20. The standard InChI is InChI=1S/C12H12ClN3/c13-10-2-1-3-11(6-10)16-12-4-5-14-7-9(12)8-15-16/h1-3,6,8,14H,4-5,7H2. The van der Waals surface area contributed by atoms with Crippen LogP contribution in [0.1, 0.15) is 11.3 Å². The Balaban J connectivity index is 2.09. The molecule has 3 nitrogen and oxygen atoms in total. The molecule has 0 saturated carbocycles. The van der Waals surface area contributed by atoms with Crippen LogP contribution in [-0.4, -0.2) is 16.3 Å². The second kappa shape index (κ2) is 3.92. The lowest BCUT2D eigenvalue weighted by Gasteiger charge is -2.15. The zero-order valence-corrected chi connectivity index (χ0v) is 9.54. The molecule has 4 heteroatoms. The van der Waals surface area contributed by atoms with Crippen molar-refractivity contribution in [1.82, 2.24) is 15.1 Å². The minimum atomic E-state index is 0.746. The molecule has 0 aliphatic carbocycles. The van der Waals surface area contributed by atoms with E-state index < -0.39 is 0 Å². The summed E-state index contributed by atoms with van der Waals surface area (Å²) in [6, 6.07) is 7.80. The van der Waals surface area contributed by atoms with Gasteiger partial charge in [-0.15, -0.1) is 0 Å². The number of benzene rings is 1. The number of aromatic nitrogens is 2. The highest BCUT2D eigenvalue weighted by atomic mass is 35.5. The van der Waals surface area contributed by atoms with Crippen LogP contribution in [0.25, 0.3) is 5.69 Å². The number of hydrogen-bond acceptors (Lipinski definition) is 2. The summed E-state index contributed by atoms with van der Waals surface area (Å²) >= 11 is 5.99. The molecule has 1 aromatic heterocycles. The van der Waals surface area contributed by atoms with Crippen molar-refractivity contribution in [3.05, 3.63) is 46.7 Å². The number of rotatable bonds is 1. The quantitative estimate of drug-likeness (QED) is 0.818. The van der Waals surface area contributed by atoms with E-state index in [-0.39, 0.29) is 0 Å². The molecule has 0 fully saturated rings. The summed E-state index contributed by atoms with van der Waals surface area (Å²) in [4.78, 5) is 0. The van der Waals surface area contributed by atoms with E-state index in [2.05, 4.69) is 10.4 Å². The number of hydrogen-bond donors (Lipinski definition) is 1. The summed E-state index contributed by atoms with van der Waals surface area (Å²) in [6.45, 7) is 1.93. The predicted octanol–water partition coefficient (Wildman–Crippen LogP) is 2.17. The van der Waals surface area contributed by atoms with Gasteiger partial charge in [-0.05, 0) is 18.2 Å². The Morgan fingerprint density at radius 1 is 1.38 bits per heavy atom. The van der Waals surface area contributed by atoms with Crippen molar-refractivity contribution in [2.24, 2.45) is 0 Å². The number of fused-ring (bicyclic) bond motifs is 1. The highest BCUT2D eigenvalue weighted by Gasteiger charge is 2.15. The molecule has 0 bridgehead atoms. The van der Waals surface area contributed by atoms with Crippen molar-refractivity contribution in [1.29, 1.82) is 0 Å². The van der Waals surface area contributed by atoms with Crippen LogP contribution in [0.4, 0.5) is 0 Å². The Morgan fingerprint density at radius 3 is 3.19 bits per heavy atom. The SMILES string of the molecule is Clc1cccc(-n2ncc3c2CCNC3)c1. The third-order valence-electron chi connectivity index (χ3n) is 2.86. The Hall–Kier alpha value is -1.32. The summed E-state index contributed by atoms with van der Waals surface area (Å²) in [5, 5.41) is 8.51. The molecule has 16 heavy (non-hydrogen) atoms. The van der Waals surface area contributed by atoms with Crippen LogP contribution < -0.4 is 5.32 Å². The normalized spacial score (nSPS) is 14.8. The van der Waals surface area contributed by atoms with Gasteiger partial charge in [-0.1, -0.05) is 17.7 Å². The topological polar surface area (TPSA) is 29.9 Å². The molecule has 1 aliphatic rings. The predicted molar refractivity (Wildman–Crippen MR) is 64.0 cm³/mol. The second-order valence-electron chi connectivity index (χ2n) is 3.93. The van der Waals surface area contributed by atoms with Gasteiger partial charge in [0, 0.05) is 35.8 Å². The zero-order chi connectivity index (χ0) is 11.0. The molecule has 2 aromatic rings. The molecule has 0 amide bonds. The molecule has 0 spiro atoms.